The van der Waals surface area contributed by atoms with Crippen molar-refractivity contribution >= 4 is 17.4 Å². The average molecular weight is 274 g/mol. The molecule has 5 nitrogen and oxygen atoms in total. The zero-order valence-electron chi connectivity index (χ0n) is 11.1. The highest BCUT2D eigenvalue weighted by atomic mass is 35.5. The maximum Gasteiger partial charge on any atom is 0.218 e. The van der Waals surface area contributed by atoms with E-state index in [9.17, 15) is 0 Å². The normalized spacial score (nSPS) is 12.2. The molecule has 0 saturated heterocycles. The fourth-order valence-electron chi connectivity index (χ4n) is 1.47. The minimum Gasteiger partial charge on any atom is -0.478 e. The van der Waals surface area contributed by atoms with Crippen LogP contribution in [0.3, 0.4) is 0 Å². The van der Waals surface area contributed by atoms with Gasteiger partial charge >= 0.3 is 0 Å². The van der Waals surface area contributed by atoms with Gasteiger partial charge in [0, 0.05) is 19.7 Å². The Bertz CT molecular complexity index is 363. The zero-order chi connectivity index (χ0) is 13.4. The lowest BCUT2D eigenvalue weighted by Crippen LogP contribution is -2.14. The zero-order valence-corrected chi connectivity index (χ0v) is 11.8. The molecule has 0 spiro atoms. The van der Waals surface area contributed by atoms with Gasteiger partial charge in [-0.3, -0.25) is 0 Å². The molecular formula is C12H20ClN3O2. The predicted octanol–water partition coefficient (Wildman–Crippen LogP) is 2.24. The number of rotatable bonds is 8. The third-order valence-electron chi connectivity index (χ3n) is 2.22. The molecule has 0 aliphatic carbocycles. The Morgan fingerprint density at radius 1 is 1.44 bits per heavy atom. The van der Waals surface area contributed by atoms with E-state index in [4.69, 9.17) is 21.1 Å². The number of hydrogen-bond acceptors (Lipinski definition) is 5. The van der Waals surface area contributed by atoms with Crippen molar-refractivity contribution < 1.29 is 9.47 Å². The number of anilines is 1. The van der Waals surface area contributed by atoms with Crippen LogP contribution < -0.4 is 10.1 Å². The molecule has 1 unspecified atom stereocenters. The highest BCUT2D eigenvalue weighted by molar-refractivity contribution is 6.20. The number of nitrogens with one attached hydrogen (secondary N) is 1. The summed E-state index contributed by atoms with van der Waals surface area (Å²) in [5.74, 6) is 2.03. The summed E-state index contributed by atoms with van der Waals surface area (Å²) >= 11 is 6.04. The van der Waals surface area contributed by atoms with E-state index >= 15 is 0 Å². The SMILES string of the molecule is CCOc1cc(NCCC(Cl)COC)nc(C)n1. The van der Waals surface area contributed by atoms with Crippen molar-refractivity contribution in [1.82, 2.24) is 9.97 Å². The van der Waals surface area contributed by atoms with Gasteiger partial charge in [0.2, 0.25) is 5.88 Å². The van der Waals surface area contributed by atoms with Gasteiger partial charge in [0.1, 0.15) is 11.6 Å². The Morgan fingerprint density at radius 2 is 2.22 bits per heavy atom. The van der Waals surface area contributed by atoms with Crippen molar-refractivity contribution in [3.05, 3.63) is 11.9 Å². The molecule has 1 N–H and O–H groups in total. The van der Waals surface area contributed by atoms with Crippen LogP contribution in [0.2, 0.25) is 0 Å². The molecule has 1 rings (SSSR count). The molecular weight excluding hydrogens is 254 g/mol. The Labute approximate surface area is 113 Å². The molecule has 1 heterocycles. The number of ether oxygens (including phenoxy) is 2. The molecule has 102 valence electrons. The summed E-state index contributed by atoms with van der Waals surface area (Å²) in [5, 5.41) is 3.21. The van der Waals surface area contributed by atoms with Crippen LogP contribution in [-0.2, 0) is 4.74 Å². The van der Waals surface area contributed by atoms with Gasteiger partial charge in [-0.1, -0.05) is 0 Å². The maximum atomic E-state index is 6.04. The lowest BCUT2D eigenvalue weighted by Gasteiger charge is -2.11. The van der Waals surface area contributed by atoms with Crippen molar-refractivity contribution in [2.45, 2.75) is 25.6 Å². The number of aryl methyl sites for hydroxylation is 1. The van der Waals surface area contributed by atoms with Crippen LogP contribution in [0.1, 0.15) is 19.2 Å². The van der Waals surface area contributed by atoms with Crippen LogP contribution in [0.25, 0.3) is 0 Å². The number of hydrogen-bond donors (Lipinski definition) is 1. The summed E-state index contributed by atoms with van der Waals surface area (Å²) in [6.45, 7) is 5.64. The average Bonchev–Trinajstić information content (AvgIpc) is 2.29. The van der Waals surface area contributed by atoms with E-state index in [1.165, 1.54) is 0 Å². The maximum absolute atomic E-state index is 6.04. The van der Waals surface area contributed by atoms with Gasteiger partial charge in [0.05, 0.1) is 18.6 Å². The highest BCUT2D eigenvalue weighted by Crippen LogP contribution is 2.13. The second kappa shape index (κ2) is 8.11. The lowest BCUT2D eigenvalue weighted by atomic mass is 10.3. The van der Waals surface area contributed by atoms with Crippen molar-refractivity contribution in [2.24, 2.45) is 0 Å². The Balaban J connectivity index is 2.46. The fraction of sp³-hybridized carbons (Fsp3) is 0.667. The van der Waals surface area contributed by atoms with Gasteiger partial charge in [-0.15, -0.1) is 11.6 Å². The van der Waals surface area contributed by atoms with Crippen molar-refractivity contribution in [3.8, 4) is 5.88 Å². The Hall–Kier alpha value is -1.07. The smallest absolute Gasteiger partial charge is 0.218 e. The Morgan fingerprint density at radius 3 is 2.89 bits per heavy atom. The largest absolute Gasteiger partial charge is 0.478 e. The fourth-order valence-corrected chi connectivity index (χ4v) is 1.71. The molecule has 0 aliphatic rings. The quantitative estimate of drug-likeness (QED) is 0.736. The van der Waals surface area contributed by atoms with E-state index < -0.39 is 0 Å². The van der Waals surface area contributed by atoms with E-state index in [2.05, 4.69) is 15.3 Å². The second-order valence-corrected chi connectivity index (χ2v) is 4.46. The summed E-state index contributed by atoms with van der Waals surface area (Å²) < 4.78 is 10.3. The van der Waals surface area contributed by atoms with Gasteiger partial charge in [0.25, 0.3) is 0 Å². The molecule has 0 fully saturated rings. The molecule has 0 amide bonds. The lowest BCUT2D eigenvalue weighted by molar-refractivity contribution is 0.196. The van der Waals surface area contributed by atoms with Crippen LogP contribution in [0, 0.1) is 6.92 Å². The molecule has 1 aromatic rings. The highest BCUT2D eigenvalue weighted by Gasteiger charge is 2.05. The van der Waals surface area contributed by atoms with E-state index in [0.717, 1.165) is 18.8 Å². The number of nitrogens with zero attached hydrogens (tertiary/aromatic N) is 2. The molecule has 0 saturated carbocycles. The molecule has 1 aromatic heterocycles. The Kier molecular flexibility index (Phi) is 6.75. The van der Waals surface area contributed by atoms with Gasteiger partial charge in [-0.2, -0.15) is 4.98 Å². The molecule has 0 aromatic carbocycles. The van der Waals surface area contributed by atoms with Crippen LogP contribution in [0.4, 0.5) is 5.82 Å². The van der Waals surface area contributed by atoms with Crippen LogP contribution in [-0.4, -0.2) is 42.2 Å². The van der Waals surface area contributed by atoms with Crippen LogP contribution >= 0.6 is 11.6 Å². The second-order valence-electron chi connectivity index (χ2n) is 3.84. The van der Waals surface area contributed by atoms with Crippen molar-refractivity contribution in [2.75, 3.05) is 32.2 Å². The van der Waals surface area contributed by atoms with Gasteiger partial charge in [0.15, 0.2) is 0 Å². The van der Waals surface area contributed by atoms with E-state index in [-0.39, 0.29) is 5.38 Å². The van der Waals surface area contributed by atoms with E-state index in [0.29, 0.717) is 24.9 Å². The summed E-state index contributed by atoms with van der Waals surface area (Å²) in [6, 6.07) is 1.79. The van der Waals surface area contributed by atoms with Gasteiger partial charge < -0.3 is 14.8 Å². The third kappa shape index (κ3) is 5.51. The number of halogens is 1. The summed E-state index contributed by atoms with van der Waals surface area (Å²) in [7, 11) is 1.64. The topological polar surface area (TPSA) is 56.3 Å². The van der Waals surface area contributed by atoms with E-state index in [1.807, 2.05) is 13.8 Å². The minimum atomic E-state index is 0.0109. The summed E-state index contributed by atoms with van der Waals surface area (Å²) in [6.07, 6.45) is 0.808. The van der Waals surface area contributed by atoms with Crippen LogP contribution in [0.15, 0.2) is 6.07 Å². The molecule has 6 heteroatoms. The number of alkyl halides is 1. The first-order valence-electron chi connectivity index (χ1n) is 6.01. The van der Waals surface area contributed by atoms with Gasteiger partial charge in [-0.25, -0.2) is 4.98 Å². The third-order valence-corrected chi connectivity index (χ3v) is 2.56. The first-order valence-corrected chi connectivity index (χ1v) is 6.44. The molecule has 0 bridgehead atoms. The monoisotopic (exact) mass is 273 g/mol. The van der Waals surface area contributed by atoms with Crippen molar-refractivity contribution in [1.29, 1.82) is 0 Å². The first kappa shape index (κ1) is 15.0. The number of aromatic nitrogens is 2. The molecule has 0 aliphatic heterocycles. The van der Waals surface area contributed by atoms with E-state index in [1.54, 1.807) is 13.2 Å². The summed E-state index contributed by atoms with van der Waals surface area (Å²) in [5.41, 5.74) is 0. The molecule has 18 heavy (non-hydrogen) atoms. The standard InChI is InChI=1S/C12H20ClN3O2/c1-4-18-12-7-11(15-9(2)16-12)14-6-5-10(13)8-17-3/h7,10H,4-6,8H2,1-3H3,(H,14,15,16). The first-order chi connectivity index (χ1) is 8.65. The molecule has 1 atom stereocenters. The van der Waals surface area contributed by atoms with Crippen LogP contribution in [0.5, 0.6) is 5.88 Å². The number of methoxy groups -OCH3 is 1. The molecule has 0 radical (unpaired) electrons. The summed E-state index contributed by atoms with van der Waals surface area (Å²) in [4.78, 5) is 8.46. The minimum absolute atomic E-state index is 0.0109. The van der Waals surface area contributed by atoms with Crippen molar-refractivity contribution in [3.63, 3.8) is 0 Å². The van der Waals surface area contributed by atoms with Gasteiger partial charge in [-0.05, 0) is 20.3 Å². The predicted molar refractivity (Wildman–Crippen MR) is 72.6 cm³/mol.